The Morgan fingerprint density at radius 1 is 1.19 bits per heavy atom. The highest BCUT2D eigenvalue weighted by atomic mass is 16.5. The second-order valence-corrected chi connectivity index (χ2v) is 4.91. The van der Waals surface area contributed by atoms with Crippen molar-refractivity contribution in [2.24, 2.45) is 11.7 Å². The molecule has 0 atom stereocenters. The van der Waals surface area contributed by atoms with Crippen molar-refractivity contribution in [1.82, 2.24) is 4.90 Å². The summed E-state index contributed by atoms with van der Waals surface area (Å²) in [7, 11) is 3.49. The molecule has 0 aliphatic heterocycles. The molecule has 0 aromatic rings. The number of rotatable bonds is 8. The number of nitrogens with zero attached hydrogens (tertiary/aromatic N) is 1. The molecule has 0 aromatic carbocycles. The van der Waals surface area contributed by atoms with Crippen molar-refractivity contribution in [2.45, 2.75) is 25.3 Å². The Hall–Kier alpha value is -0.160. The van der Waals surface area contributed by atoms with Gasteiger partial charge in [0.05, 0.1) is 13.2 Å². The first-order chi connectivity index (χ1) is 7.68. The standard InChI is InChI=1S/C12H26N2O2/c1-11-8-12(9-11,10-13)14(4-6-15-2)5-7-16-3/h11H,4-10,13H2,1-3H3. The third-order valence-electron chi connectivity index (χ3n) is 3.64. The van der Waals surface area contributed by atoms with Crippen LogP contribution in [0.3, 0.4) is 0 Å². The average molecular weight is 230 g/mol. The van der Waals surface area contributed by atoms with Gasteiger partial charge in [-0.3, -0.25) is 4.90 Å². The summed E-state index contributed by atoms with van der Waals surface area (Å²) >= 11 is 0. The van der Waals surface area contributed by atoms with Gasteiger partial charge < -0.3 is 15.2 Å². The molecule has 0 bridgehead atoms. The summed E-state index contributed by atoms with van der Waals surface area (Å²) in [6, 6.07) is 0. The summed E-state index contributed by atoms with van der Waals surface area (Å²) < 4.78 is 10.3. The first-order valence-electron chi connectivity index (χ1n) is 6.11. The Kier molecular flexibility index (Phi) is 5.69. The van der Waals surface area contributed by atoms with E-state index in [2.05, 4.69) is 11.8 Å². The van der Waals surface area contributed by atoms with Crippen molar-refractivity contribution in [2.75, 3.05) is 47.1 Å². The summed E-state index contributed by atoms with van der Waals surface area (Å²) in [5, 5.41) is 0. The number of nitrogens with two attached hydrogens (primary N) is 1. The summed E-state index contributed by atoms with van der Waals surface area (Å²) in [6.07, 6.45) is 2.41. The van der Waals surface area contributed by atoms with Gasteiger partial charge in [0.1, 0.15) is 0 Å². The van der Waals surface area contributed by atoms with E-state index in [1.165, 1.54) is 12.8 Å². The van der Waals surface area contributed by atoms with E-state index in [0.29, 0.717) is 0 Å². The van der Waals surface area contributed by atoms with E-state index in [1.54, 1.807) is 14.2 Å². The normalized spacial score (nSPS) is 29.4. The number of methoxy groups -OCH3 is 2. The first-order valence-corrected chi connectivity index (χ1v) is 6.11. The highest BCUT2D eigenvalue weighted by molar-refractivity contribution is 5.02. The van der Waals surface area contributed by atoms with Gasteiger partial charge >= 0.3 is 0 Å². The fraction of sp³-hybridized carbons (Fsp3) is 1.00. The molecule has 0 heterocycles. The molecular weight excluding hydrogens is 204 g/mol. The van der Waals surface area contributed by atoms with Gasteiger partial charge in [-0.2, -0.15) is 0 Å². The van der Waals surface area contributed by atoms with E-state index in [0.717, 1.165) is 38.8 Å². The van der Waals surface area contributed by atoms with Crippen LogP contribution in [-0.4, -0.2) is 57.5 Å². The zero-order valence-corrected chi connectivity index (χ0v) is 10.9. The maximum Gasteiger partial charge on any atom is 0.0589 e. The molecule has 0 saturated heterocycles. The molecule has 1 rings (SSSR count). The Bertz CT molecular complexity index is 185. The highest BCUT2D eigenvalue weighted by Crippen LogP contribution is 2.41. The summed E-state index contributed by atoms with van der Waals surface area (Å²) in [4.78, 5) is 2.44. The van der Waals surface area contributed by atoms with Crippen LogP contribution >= 0.6 is 0 Å². The van der Waals surface area contributed by atoms with Gasteiger partial charge in [0.25, 0.3) is 0 Å². The molecule has 1 aliphatic rings. The molecule has 1 saturated carbocycles. The molecule has 0 aromatic heterocycles. The summed E-state index contributed by atoms with van der Waals surface area (Å²) in [5.74, 6) is 0.802. The second kappa shape index (κ2) is 6.55. The van der Waals surface area contributed by atoms with Crippen LogP contribution in [0.15, 0.2) is 0 Å². The van der Waals surface area contributed by atoms with Crippen molar-refractivity contribution in [3.8, 4) is 0 Å². The molecule has 4 nitrogen and oxygen atoms in total. The molecule has 0 amide bonds. The fourth-order valence-electron chi connectivity index (χ4n) is 2.78. The zero-order valence-electron chi connectivity index (χ0n) is 10.9. The first kappa shape index (κ1) is 13.9. The van der Waals surface area contributed by atoms with Gasteiger partial charge in [-0.05, 0) is 18.8 Å². The third kappa shape index (κ3) is 3.17. The lowest BCUT2D eigenvalue weighted by molar-refractivity contribution is -0.0357. The van der Waals surface area contributed by atoms with E-state index in [4.69, 9.17) is 15.2 Å². The van der Waals surface area contributed by atoms with E-state index < -0.39 is 0 Å². The topological polar surface area (TPSA) is 47.7 Å². The summed E-state index contributed by atoms with van der Waals surface area (Å²) in [5.41, 5.74) is 6.16. The SMILES string of the molecule is COCCN(CCOC)C1(CN)CC(C)C1. The minimum Gasteiger partial charge on any atom is -0.383 e. The van der Waals surface area contributed by atoms with Crippen molar-refractivity contribution in [3.63, 3.8) is 0 Å². The average Bonchev–Trinajstić information content (AvgIpc) is 2.25. The molecule has 4 heteroatoms. The largest absolute Gasteiger partial charge is 0.383 e. The molecule has 16 heavy (non-hydrogen) atoms. The predicted molar refractivity (Wildman–Crippen MR) is 65.5 cm³/mol. The van der Waals surface area contributed by atoms with Crippen LogP contribution in [-0.2, 0) is 9.47 Å². The molecule has 96 valence electrons. The Morgan fingerprint density at radius 2 is 1.69 bits per heavy atom. The van der Waals surface area contributed by atoms with Crippen LogP contribution in [0.1, 0.15) is 19.8 Å². The maximum absolute atomic E-state index is 5.95. The Labute approximate surface area is 99.1 Å². The van der Waals surface area contributed by atoms with Crippen molar-refractivity contribution >= 4 is 0 Å². The Morgan fingerprint density at radius 3 is 2.00 bits per heavy atom. The molecule has 1 aliphatic carbocycles. The minimum absolute atomic E-state index is 0.205. The fourth-order valence-corrected chi connectivity index (χ4v) is 2.78. The number of hydrogen-bond donors (Lipinski definition) is 1. The van der Waals surface area contributed by atoms with Crippen molar-refractivity contribution in [1.29, 1.82) is 0 Å². The molecule has 1 fully saturated rings. The van der Waals surface area contributed by atoms with Crippen LogP contribution < -0.4 is 5.73 Å². The van der Waals surface area contributed by atoms with Gasteiger partial charge in [-0.1, -0.05) is 6.92 Å². The van der Waals surface area contributed by atoms with E-state index >= 15 is 0 Å². The molecule has 0 radical (unpaired) electrons. The number of hydrogen-bond acceptors (Lipinski definition) is 4. The predicted octanol–water partition coefficient (Wildman–Crippen LogP) is 0.709. The van der Waals surface area contributed by atoms with Crippen LogP contribution in [0.5, 0.6) is 0 Å². The molecule has 0 spiro atoms. The molecular formula is C12H26N2O2. The van der Waals surface area contributed by atoms with Gasteiger partial charge in [-0.15, -0.1) is 0 Å². The zero-order chi connectivity index (χ0) is 12.0. The van der Waals surface area contributed by atoms with E-state index in [1.807, 2.05) is 0 Å². The third-order valence-corrected chi connectivity index (χ3v) is 3.64. The lowest BCUT2D eigenvalue weighted by Crippen LogP contribution is -2.62. The second-order valence-electron chi connectivity index (χ2n) is 4.91. The van der Waals surface area contributed by atoms with E-state index in [9.17, 15) is 0 Å². The molecule has 2 N–H and O–H groups in total. The molecule has 0 unspecified atom stereocenters. The van der Waals surface area contributed by atoms with Crippen molar-refractivity contribution < 1.29 is 9.47 Å². The quantitative estimate of drug-likeness (QED) is 0.667. The monoisotopic (exact) mass is 230 g/mol. The van der Waals surface area contributed by atoms with Gasteiger partial charge in [0.15, 0.2) is 0 Å². The van der Waals surface area contributed by atoms with Crippen molar-refractivity contribution in [3.05, 3.63) is 0 Å². The van der Waals surface area contributed by atoms with Gasteiger partial charge in [0, 0.05) is 39.4 Å². The van der Waals surface area contributed by atoms with Crippen LogP contribution in [0.2, 0.25) is 0 Å². The van der Waals surface area contributed by atoms with Gasteiger partial charge in [0.2, 0.25) is 0 Å². The summed E-state index contributed by atoms with van der Waals surface area (Å²) in [6.45, 7) is 6.46. The van der Waals surface area contributed by atoms with Crippen LogP contribution in [0.25, 0.3) is 0 Å². The smallest absolute Gasteiger partial charge is 0.0589 e. The van der Waals surface area contributed by atoms with Crippen LogP contribution in [0, 0.1) is 5.92 Å². The maximum atomic E-state index is 5.95. The lowest BCUT2D eigenvalue weighted by atomic mass is 9.68. The minimum atomic E-state index is 0.205. The lowest BCUT2D eigenvalue weighted by Gasteiger charge is -2.53. The highest BCUT2D eigenvalue weighted by Gasteiger charge is 2.45. The van der Waals surface area contributed by atoms with Crippen LogP contribution in [0.4, 0.5) is 0 Å². The van der Waals surface area contributed by atoms with E-state index in [-0.39, 0.29) is 5.54 Å². The number of ether oxygens (including phenoxy) is 2. The Balaban J connectivity index is 2.51. The van der Waals surface area contributed by atoms with Gasteiger partial charge in [-0.25, -0.2) is 0 Å².